The molecule has 6 nitrogen and oxygen atoms in total. The van der Waals surface area contributed by atoms with Gasteiger partial charge >= 0.3 is 0 Å². The van der Waals surface area contributed by atoms with E-state index in [1.54, 1.807) is 6.92 Å². The molecule has 0 aromatic carbocycles. The number of hydrogen-bond acceptors (Lipinski definition) is 3. The molecule has 3 N–H and O–H groups in total. The summed E-state index contributed by atoms with van der Waals surface area (Å²) in [6.07, 6.45) is 7.33. The summed E-state index contributed by atoms with van der Waals surface area (Å²) in [5.41, 5.74) is -0.908. The van der Waals surface area contributed by atoms with Crippen LogP contribution in [0.25, 0.3) is 0 Å². The smallest absolute Gasteiger partial charge is 0.253 e. The number of aromatic amines is 1. The molecule has 126 valence electrons. The Morgan fingerprint density at radius 3 is 2.52 bits per heavy atom. The Morgan fingerprint density at radius 1 is 1.26 bits per heavy atom. The van der Waals surface area contributed by atoms with Gasteiger partial charge < -0.3 is 15.6 Å². The van der Waals surface area contributed by atoms with Gasteiger partial charge in [0.2, 0.25) is 11.5 Å². The van der Waals surface area contributed by atoms with E-state index in [0.717, 1.165) is 25.7 Å². The van der Waals surface area contributed by atoms with Gasteiger partial charge in [-0.25, -0.2) is 0 Å². The molecule has 1 aliphatic rings. The third kappa shape index (κ3) is 4.43. The lowest BCUT2D eigenvalue weighted by Crippen LogP contribution is -2.58. The minimum Gasteiger partial charge on any atom is -0.351 e. The quantitative estimate of drug-likeness (QED) is 0.772. The predicted molar refractivity (Wildman–Crippen MR) is 88.2 cm³/mol. The van der Waals surface area contributed by atoms with Crippen molar-refractivity contribution in [3.8, 4) is 0 Å². The first-order chi connectivity index (χ1) is 10.9. The van der Waals surface area contributed by atoms with Gasteiger partial charge in [-0.05, 0) is 32.3 Å². The molecule has 6 heteroatoms. The Labute approximate surface area is 136 Å². The summed E-state index contributed by atoms with van der Waals surface area (Å²) in [5, 5.41) is 5.86. The first-order valence-electron chi connectivity index (χ1n) is 8.27. The minimum atomic E-state index is -0.968. The normalized spacial score (nSPS) is 18.0. The minimum absolute atomic E-state index is 0.148. The standard InChI is InChI=1S/C17H25N3O3/c1-3-17(2,16(23)19-13-7-5-4-6-8-13)20-15(22)12-9-10-14(21)18-11-12/h9-11,13H,3-8H2,1-2H3,(H,18,21)(H,19,23)(H,20,22). The average Bonchev–Trinajstić information content (AvgIpc) is 2.56. The molecule has 0 saturated heterocycles. The molecule has 1 fully saturated rings. The van der Waals surface area contributed by atoms with E-state index in [0.29, 0.717) is 12.0 Å². The van der Waals surface area contributed by atoms with Gasteiger partial charge in [0.05, 0.1) is 5.56 Å². The van der Waals surface area contributed by atoms with Crippen LogP contribution in [0.1, 0.15) is 62.7 Å². The maximum atomic E-state index is 12.6. The van der Waals surface area contributed by atoms with Crippen molar-refractivity contribution in [3.05, 3.63) is 34.2 Å². The van der Waals surface area contributed by atoms with Crippen LogP contribution in [0.4, 0.5) is 0 Å². The van der Waals surface area contributed by atoms with Crippen molar-refractivity contribution in [2.75, 3.05) is 0 Å². The second-order valence-corrected chi connectivity index (χ2v) is 6.39. The highest BCUT2D eigenvalue weighted by molar-refractivity contribution is 5.98. The molecular weight excluding hydrogens is 294 g/mol. The molecule has 1 aromatic heterocycles. The first-order valence-corrected chi connectivity index (χ1v) is 8.27. The third-order valence-electron chi connectivity index (χ3n) is 4.58. The van der Waals surface area contributed by atoms with Gasteiger partial charge in [-0.15, -0.1) is 0 Å². The molecule has 1 aliphatic carbocycles. The lowest BCUT2D eigenvalue weighted by atomic mass is 9.92. The van der Waals surface area contributed by atoms with Crippen molar-refractivity contribution in [1.29, 1.82) is 0 Å². The van der Waals surface area contributed by atoms with Crippen LogP contribution < -0.4 is 16.2 Å². The van der Waals surface area contributed by atoms with Crippen molar-refractivity contribution < 1.29 is 9.59 Å². The van der Waals surface area contributed by atoms with Gasteiger partial charge in [-0.3, -0.25) is 14.4 Å². The zero-order valence-corrected chi connectivity index (χ0v) is 13.8. The van der Waals surface area contributed by atoms with Crippen LogP contribution in [0.5, 0.6) is 0 Å². The van der Waals surface area contributed by atoms with Crippen molar-refractivity contribution in [2.24, 2.45) is 0 Å². The first kappa shape index (κ1) is 17.2. The van der Waals surface area contributed by atoms with Crippen molar-refractivity contribution in [3.63, 3.8) is 0 Å². The second kappa shape index (κ2) is 7.44. The summed E-state index contributed by atoms with van der Waals surface area (Å²) in [4.78, 5) is 38.4. The number of nitrogens with one attached hydrogen (secondary N) is 3. The molecule has 23 heavy (non-hydrogen) atoms. The van der Waals surface area contributed by atoms with E-state index in [9.17, 15) is 14.4 Å². The van der Waals surface area contributed by atoms with Gasteiger partial charge in [0.15, 0.2) is 0 Å². The van der Waals surface area contributed by atoms with Crippen molar-refractivity contribution >= 4 is 11.8 Å². The number of rotatable bonds is 5. The van der Waals surface area contributed by atoms with Gasteiger partial charge in [0.25, 0.3) is 5.91 Å². The Balaban J connectivity index is 2.03. The van der Waals surface area contributed by atoms with Crippen LogP contribution >= 0.6 is 0 Å². The summed E-state index contributed by atoms with van der Waals surface area (Å²) in [7, 11) is 0. The molecule has 1 unspecified atom stereocenters. The molecule has 1 saturated carbocycles. The van der Waals surface area contributed by atoms with Crippen LogP contribution in [-0.2, 0) is 4.79 Å². The lowest BCUT2D eigenvalue weighted by Gasteiger charge is -2.32. The van der Waals surface area contributed by atoms with Gasteiger partial charge in [-0.2, -0.15) is 0 Å². The molecule has 1 atom stereocenters. The predicted octanol–water partition coefficient (Wildman–Crippen LogP) is 1.72. The monoisotopic (exact) mass is 319 g/mol. The van der Waals surface area contributed by atoms with Crippen molar-refractivity contribution in [2.45, 2.75) is 64.0 Å². The Bertz CT molecular complexity index is 599. The lowest BCUT2D eigenvalue weighted by molar-refractivity contribution is -0.127. The molecular formula is C17H25N3O3. The molecule has 2 rings (SSSR count). The third-order valence-corrected chi connectivity index (χ3v) is 4.58. The molecule has 1 heterocycles. The average molecular weight is 319 g/mol. The fourth-order valence-electron chi connectivity index (χ4n) is 2.77. The Hall–Kier alpha value is -2.11. The SMILES string of the molecule is CCC(C)(NC(=O)c1ccc(=O)[nH]c1)C(=O)NC1CCCCC1. The van der Waals surface area contributed by atoms with Gasteiger partial charge in [0.1, 0.15) is 5.54 Å². The number of aromatic nitrogens is 1. The van der Waals surface area contributed by atoms with Crippen LogP contribution in [-0.4, -0.2) is 28.4 Å². The molecule has 0 radical (unpaired) electrons. The number of pyridine rings is 1. The van der Waals surface area contributed by atoms with E-state index < -0.39 is 5.54 Å². The number of carbonyl (C=O) groups is 2. The fourth-order valence-corrected chi connectivity index (χ4v) is 2.77. The highest BCUT2D eigenvalue weighted by Crippen LogP contribution is 2.19. The Morgan fingerprint density at radius 2 is 1.96 bits per heavy atom. The van der Waals surface area contributed by atoms with Crippen molar-refractivity contribution in [1.82, 2.24) is 15.6 Å². The molecule has 0 spiro atoms. The van der Waals surface area contributed by atoms with E-state index in [4.69, 9.17) is 0 Å². The summed E-state index contributed by atoms with van der Waals surface area (Å²) in [5.74, 6) is -0.519. The highest BCUT2D eigenvalue weighted by atomic mass is 16.2. The van der Waals surface area contributed by atoms with Gasteiger partial charge in [0, 0.05) is 18.3 Å². The van der Waals surface area contributed by atoms with Crippen LogP contribution in [0, 0.1) is 0 Å². The van der Waals surface area contributed by atoms with E-state index in [2.05, 4.69) is 15.6 Å². The largest absolute Gasteiger partial charge is 0.351 e. The number of hydrogen-bond donors (Lipinski definition) is 3. The molecule has 0 bridgehead atoms. The summed E-state index contributed by atoms with van der Waals surface area (Å²) >= 11 is 0. The van der Waals surface area contributed by atoms with E-state index >= 15 is 0 Å². The molecule has 0 aliphatic heterocycles. The number of H-pyrrole nitrogens is 1. The van der Waals surface area contributed by atoms with E-state index in [1.807, 2.05) is 6.92 Å². The maximum Gasteiger partial charge on any atom is 0.253 e. The highest BCUT2D eigenvalue weighted by Gasteiger charge is 2.34. The number of amides is 2. The summed E-state index contributed by atoms with van der Waals surface area (Å²) in [6.45, 7) is 3.60. The molecule has 2 amide bonds. The van der Waals surface area contributed by atoms with Gasteiger partial charge in [-0.1, -0.05) is 26.2 Å². The summed E-state index contributed by atoms with van der Waals surface area (Å²) in [6, 6.07) is 2.94. The van der Waals surface area contributed by atoms with Crippen LogP contribution in [0.15, 0.2) is 23.1 Å². The second-order valence-electron chi connectivity index (χ2n) is 6.39. The molecule has 1 aromatic rings. The maximum absolute atomic E-state index is 12.6. The summed E-state index contributed by atoms with van der Waals surface area (Å²) < 4.78 is 0. The number of carbonyl (C=O) groups excluding carboxylic acids is 2. The van der Waals surface area contributed by atoms with Crippen LogP contribution in [0.3, 0.4) is 0 Å². The van der Waals surface area contributed by atoms with E-state index in [-0.39, 0.29) is 23.4 Å². The fraction of sp³-hybridized carbons (Fsp3) is 0.588. The van der Waals surface area contributed by atoms with Crippen LogP contribution in [0.2, 0.25) is 0 Å². The zero-order chi connectivity index (χ0) is 16.9. The zero-order valence-electron chi connectivity index (χ0n) is 13.8. The Kier molecular flexibility index (Phi) is 5.58. The topological polar surface area (TPSA) is 91.1 Å². The van der Waals surface area contributed by atoms with E-state index in [1.165, 1.54) is 24.8 Å².